The fourth-order valence-electron chi connectivity index (χ4n) is 4.19. The van der Waals surface area contributed by atoms with Crippen LogP contribution in [0.5, 0.6) is 0 Å². The summed E-state index contributed by atoms with van der Waals surface area (Å²) in [5, 5.41) is 17.2. The maximum atomic E-state index is 10.2. The van der Waals surface area contributed by atoms with Crippen molar-refractivity contribution in [2.75, 3.05) is 20.2 Å². The molecule has 0 radical (unpaired) electrons. The van der Waals surface area contributed by atoms with Crippen molar-refractivity contribution in [2.45, 2.75) is 51.1 Å². The van der Waals surface area contributed by atoms with Crippen LogP contribution in [0.25, 0.3) is 5.57 Å². The van der Waals surface area contributed by atoms with Gasteiger partial charge >= 0.3 is 0 Å². The molecule has 0 heterocycles. The number of nitrogens with zero attached hydrogens (tertiary/aromatic N) is 1. The van der Waals surface area contributed by atoms with E-state index in [0.717, 1.165) is 18.6 Å². The predicted molar refractivity (Wildman–Crippen MR) is 110 cm³/mol. The van der Waals surface area contributed by atoms with Crippen molar-refractivity contribution >= 4 is 5.57 Å². The van der Waals surface area contributed by atoms with E-state index in [0.29, 0.717) is 31.7 Å². The van der Waals surface area contributed by atoms with Gasteiger partial charge in [-0.2, -0.15) is 5.26 Å². The van der Waals surface area contributed by atoms with E-state index in [-0.39, 0.29) is 0 Å². The summed E-state index contributed by atoms with van der Waals surface area (Å²) in [5.74, 6) is 0.795. The number of nitrogens with one attached hydrogen (secondary N) is 2. The van der Waals surface area contributed by atoms with E-state index in [1.54, 1.807) is 0 Å². The standard InChI is InChI=1S/C23H31N3O/c1-3-27-22-14-9-19(18-7-5-4-6-8-18)15-23(22,16-24)17-26-21-12-10-20(25-2)11-13-21/h4-9,14,20-21,25-26H,3,10-13,15,17H2,1-2H3. The fraction of sp³-hybridized carbons (Fsp3) is 0.522. The Labute approximate surface area is 163 Å². The number of nitriles is 1. The average Bonchev–Trinajstić information content (AvgIpc) is 2.74. The van der Waals surface area contributed by atoms with Crippen molar-refractivity contribution in [3.8, 4) is 6.07 Å². The molecule has 0 aromatic heterocycles. The molecule has 2 N–H and O–H groups in total. The monoisotopic (exact) mass is 365 g/mol. The highest BCUT2D eigenvalue weighted by molar-refractivity contribution is 5.70. The predicted octanol–water partition coefficient (Wildman–Crippen LogP) is 4.02. The summed E-state index contributed by atoms with van der Waals surface area (Å²) in [5.41, 5.74) is 1.73. The Hall–Kier alpha value is -2.09. The molecule has 1 aromatic rings. The lowest BCUT2D eigenvalue weighted by molar-refractivity contribution is 0.157. The molecule has 1 saturated carbocycles. The van der Waals surface area contributed by atoms with Crippen LogP contribution in [-0.4, -0.2) is 32.3 Å². The van der Waals surface area contributed by atoms with Crippen LogP contribution in [0.15, 0.2) is 48.2 Å². The molecule has 1 aromatic carbocycles. The van der Waals surface area contributed by atoms with Crippen LogP contribution in [0.3, 0.4) is 0 Å². The normalized spacial score (nSPS) is 28.0. The minimum absolute atomic E-state index is 0.480. The van der Waals surface area contributed by atoms with Crippen LogP contribution in [0.4, 0.5) is 0 Å². The fourth-order valence-corrected chi connectivity index (χ4v) is 4.19. The van der Waals surface area contributed by atoms with Gasteiger partial charge in [-0.15, -0.1) is 0 Å². The van der Waals surface area contributed by atoms with Gasteiger partial charge in [-0.05, 0) is 56.9 Å². The van der Waals surface area contributed by atoms with Crippen LogP contribution in [0, 0.1) is 16.7 Å². The molecule has 1 atom stereocenters. The Balaban J connectivity index is 1.74. The number of ether oxygens (including phenoxy) is 1. The molecule has 0 spiro atoms. The Kier molecular flexibility index (Phi) is 6.71. The molecule has 4 nitrogen and oxygen atoms in total. The Bertz CT molecular complexity index is 711. The molecule has 1 unspecified atom stereocenters. The van der Waals surface area contributed by atoms with Crippen molar-refractivity contribution in [1.29, 1.82) is 5.26 Å². The van der Waals surface area contributed by atoms with E-state index in [9.17, 15) is 5.26 Å². The Morgan fingerprint density at radius 3 is 2.44 bits per heavy atom. The van der Waals surface area contributed by atoms with Gasteiger partial charge in [0.2, 0.25) is 0 Å². The van der Waals surface area contributed by atoms with Gasteiger partial charge in [0.15, 0.2) is 0 Å². The zero-order chi connectivity index (χ0) is 19.1. The molecule has 0 bridgehead atoms. The molecule has 1 fully saturated rings. The van der Waals surface area contributed by atoms with Crippen LogP contribution in [-0.2, 0) is 4.74 Å². The maximum Gasteiger partial charge on any atom is 0.131 e. The van der Waals surface area contributed by atoms with E-state index in [2.05, 4.69) is 34.9 Å². The molecule has 3 rings (SSSR count). The molecule has 4 heteroatoms. The molecule has 0 saturated heterocycles. The first kappa shape index (κ1) is 19.7. The van der Waals surface area contributed by atoms with Crippen molar-refractivity contribution < 1.29 is 4.74 Å². The number of hydrogen-bond acceptors (Lipinski definition) is 4. The van der Waals surface area contributed by atoms with Gasteiger partial charge in [0.1, 0.15) is 11.2 Å². The van der Waals surface area contributed by atoms with E-state index in [4.69, 9.17) is 4.74 Å². The third-order valence-electron chi connectivity index (χ3n) is 5.89. The minimum Gasteiger partial charge on any atom is -0.496 e. The second-order valence-corrected chi connectivity index (χ2v) is 7.61. The first-order chi connectivity index (χ1) is 13.2. The van der Waals surface area contributed by atoms with Gasteiger partial charge in [0.25, 0.3) is 0 Å². The number of benzene rings is 1. The van der Waals surface area contributed by atoms with E-state index >= 15 is 0 Å². The minimum atomic E-state index is -0.643. The van der Waals surface area contributed by atoms with Crippen LogP contribution >= 0.6 is 0 Å². The van der Waals surface area contributed by atoms with Crippen molar-refractivity contribution in [3.05, 3.63) is 53.8 Å². The van der Waals surface area contributed by atoms with Gasteiger partial charge in [-0.25, -0.2) is 0 Å². The number of hydrogen-bond donors (Lipinski definition) is 2. The lowest BCUT2D eigenvalue weighted by atomic mass is 9.75. The summed E-state index contributed by atoms with van der Waals surface area (Å²) < 4.78 is 5.89. The lowest BCUT2D eigenvalue weighted by Gasteiger charge is -2.36. The van der Waals surface area contributed by atoms with Gasteiger partial charge in [-0.3, -0.25) is 0 Å². The summed E-state index contributed by atoms with van der Waals surface area (Å²) in [6.45, 7) is 3.19. The first-order valence-electron chi connectivity index (χ1n) is 10.1. The van der Waals surface area contributed by atoms with E-state index in [1.807, 2.05) is 38.2 Å². The van der Waals surface area contributed by atoms with Crippen LogP contribution < -0.4 is 10.6 Å². The zero-order valence-electron chi connectivity index (χ0n) is 16.5. The summed E-state index contributed by atoms with van der Waals surface area (Å²) in [4.78, 5) is 0. The lowest BCUT2D eigenvalue weighted by Crippen LogP contribution is -2.44. The highest BCUT2D eigenvalue weighted by Gasteiger charge is 2.40. The van der Waals surface area contributed by atoms with Crippen LogP contribution in [0.1, 0.15) is 44.6 Å². The molecular formula is C23H31N3O. The van der Waals surface area contributed by atoms with E-state index in [1.165, 1.54) is 24.0 Å². The number of allylic oxidation sites excluding steroid dienone is 3. The SMILES string of the molecule is CCOC1=CC=C(c2ccccc2)CC1(C#N)CNC1CCC(NC)CC1. The van der Waals surface area contributed by atoms with Gasteiger partial charge < -0.3 is 15.4 Å². The average molecular weight is 366 g/mol. The summed E-state index contributed by atoms with van der Waals surface area (Å²) >= 11 is 0. The topological polar surface area (TPSA) is 57.1 Å². The molecule has 144 valence electrons. The molecule has 2 aliphatic carbocycles. The Morgan fingerprint density at radius 2 is 1.81 bits per heavy atom. The third kappa shape index (κ3) is 4.61. The van der Waals surface area contributed by atoms with E-state index < -0.39 is 5.41 Å². The molecule has 0 aliphatic heterocycles. The summed E-state index contributed by atoms with van der Waals surface area (Å²) in [6, 6.07) is 14.1. The first-order valence-corrected chi connectivity index (χ1v) is 10.1. The van der Waals surface area contributed by atoms with Gasteiger partial charge in [0, 0.05) is 25.0 Å². The second-order valence-electron chi connectivity index (χ2n) is 7.61. The summed E-state index contributed by atoms with van der Waals surface area (Å²) in [6.07, 6.45) is 9.47. The van der Waals surface area contributed by atoms with Crippen molar-refractivity contribution in [1.82, 2.24) is 10.6 Å². The van der Waals surface area contributed by atoms with Gasteiger partial charge in [-0.1, -0.05) is 36.4 Å². The largest absolute Gasteiger partial charge is 0.496 e. The third-order valence-corrected chi connectivity index (χ3v) is 5.89. The quantitative estimate of drug-likeness (QED) is 0.766. The van der Waals surface area contributed by atoms with Crippen LogP contribution in [0.2, 0.25) is 0 Å². The van der Waals surface area contributed by atoms with Crippen molar-refractivity contribution in [2.24, 2.45) is 5.41 Å². The zero-order valence-corrected chi connectivity index (χ0v) is 16.5. The molecule has 2 aliphatic rings. The smallest absolute Gasteiger partial charge is 0.131 e. The Morgan fingerprint density at radius 1 is 1.11 bits per heavy atom. The molecule has 27 heavy (non-hydrogen) atoms. The van der Waals surface area contributed by atoms with Crippen molar-refractivity contribution in [3.63, 3.8) is 0 Å². The summed E-state index contributed by atoms with van der Waals surface area (Å²) in [7, 11) is 2.04. The molecular weight excluding hydrogens is 334 g/mol. The maximum absolute atomic E-state index is 10.2. The van der Waals surface area contributed by atoms with Gasteiger partial charge in [0.05, 0.1) is 12.7 Å². The number of rotatable bonds is 7. The second kappa shape index (κ2) is 9.21. The molecule has 0 amide bonds. The highest BCUT2D eigenvalue weighted by Crippen LogP contribution is 2.41. The highest BCUT2D eigenvalue weighted by atomic mass is 16.5.